The van der Waals surface area contributed by atoms with Crippen LogP contribution in [-0.2, 0) is 19.1 Å². The summed E-state index contributed by atoms with van der Waals surface area (Å²) in [6.45, 7) is 6.65. The number of anilines is 1. The lowest BCUT2D eigenvalue weighted by Crippen LogP contribution is -2.49. The van der Waals surface area contributed by atoms with Gasteiger partial charge in [0.1, 0.15) is 12.1 Å². The van der Waals surface area contributed by atoms with Gasteiger partial charge in [-0.05, 0) is 64.5 Å². The van der Waals surface area contributed by atoms with Crippen molar-refractivity contribution in [2.24, 2.45) is 5.92 Å². The van der Waals surface area contributed by atoms with Gasteiger partial charge in [-0.2, -0.15) is 5.10 Å². The minimum absolute atomic E-state index is 0.398. The number of esters is 1. The molecule has 4 rings (SSSR count). The van der Waals surface area contributed by atoms with Gasteiger partial charge in [0.15, 0.2) is 6.61 Å². The molecule has 0 radical (unpaired) electrons. The molecule has 1 saturated carbocycles. The van der Waals surface area contributed by atoms with E-state index < -0.39 is 42.5 Å². The lowest BCUT2D eigenvalue weighted by molar-refractivity contribution is -0.150. The van der Waals surface area contributed by atoms with Crippen molar-refractivity contribution in [3.63, 3.8) is 0 Å². The Labute approximate surface area is 204 Å². The number of nitrogens with zero attached hydrogens (tertiary/aromatic N) is 3. The molecule has 2 fully saturated rings. The molecule has 1 saturated heterocycles. The van der Waals surface area contributed by atoms with E-state index in [1.54, 1.807) is 11.6 Å². The van der Waals surface area contributed by atoms with Gasteiger partial charge in [-0.25, -0.2) is 9.48 Å². The summed E-state index contributed by atoms with van der Waals surface area (Å²) in [5, 5.41) is 10.00. The van der Waals surface area contributed by atoms with Gasteiger partial charge in [0.2, 0.25) is 0 Å². The third-order valence-electron chi connectivity index (χ3n) is 6.86. The van der Waals surface area contributed by atoms with Gasteiger partial charge in [-0.1, -0.05) is 24.6 Å². The van der Waals surface area contributed by atoms with Gasteiger partial charge < -0.3 is 15.4 Å². The SMILES string of the molecule is Cc1ccc(-n2nc(C)c(NC(=O)COC(=O)CN3C(=O)NC4(CCC(C)CC4)C3=O)c2C)cc1. The number of imide groups is 1. The predicted molar refractivity (Wildman–Crippen MR) is 128 cm³/mol. The number of aryl methyl sites for hydroxylation is 2. The Hall–Kier alpha value is -3.69. The van der Waals surface area contributed by atoms with E-state index in [9.17, 15) is 19.2 Å². The Morgan fingerprint density at radius 2 is 1.80 bits per heavy atom. The smallest absolute Gasteiger partial charge is 0.326 e. The maximum Gasteiger partial charge on any atom is 0.326 e. The Morgan fingerprint density at radius 3 is 2.46 bits per heavy atom. The number of carbonyl (C=O) groups is 4. The number of amides is 4. The van der Waals surface area contributed by atoms with Crippen molar-refractivity contribution in [3.05, 3.63) is 41.2 Å². The molecular weight excluding hydrogens is 450 g/mol. The second-order valence-electron chi connectivity index (χ2n) is 9.59. The molecule has 1 aromatic heterocycles. The van der Waals surface area contributed by atoms with Crippen molar-refractivity contribution in [2.45, 2.75) is 58.9 Å². The number of benzene rings is 1. The van der Waals surface area contributed by atoms with E-state index in [0.717, 1.165) is 34.7 Å². The molecule has 2 aliphatic rings. The molecule has 1 aromatic carbocycles. The van der Waals surface area contributed by atoms with Crippen molar-refractivity contribution in [1.29, 1.82) is 0 Å². The number of aromatic nitrogens is 2. The summed E-state index contributed by atoms with van der Waals surface area (Å²) in [5.74, 6) is -1.26. The summed E-state index contributed by atoms with van der Waals surface area (Å²) >= 11 is 0. The summed E-state index contributed by atoms with van der Waals surface area (Å²) in [4.78, 5) is 50.9. The van der Waals surface area contributed by atoms with E-state index in [4.69, 9.17) is 4.74 Å². The molecule has 1 aliphatic carbocycles. The fourth-order valence-electron chi connectivity index (χ4n) is 4.67. The van der Waals surface area contributed by atoms with Crippen molar-refractivity contribution < 1.29 is 23.9 Å². The monoisotopic (exact) mass is 481 g/mol. The van der Waals surface area contributed by atoms with Crippen LogP contribution in [0.4, 0.5) is 10.5 Å². The highest BCUT2D eigenvalue weighted by Crippen LogP contribution is 2.36. The molecule has 10 nitrogen and oxygen atoms in total. The van der Waals surface area contributed by atoms with Crippen molar-refractivity contribution in [2.75, 3.05) is 18.5 Å². The summed E-state index contributed by atoms with van der Waals surface area (Å²) in [7, 11) is 0. The quantitative estimate of drug-likeness (QED) is 0.483. The highest BCUT2D eigenvalue weighted by molar-refractivity contribution is 6.08. The number of ether oxygens (including phenoxy) is 1. The minimum atomic E-state index is -0.923. The van der Waals surface area contributed by atoms with Gasteiger partial charge in [0.05, 0.1) is 22.8 Å². The van der Waals surface area contributed by atoms with Gasteiger partial charge in [0, 0.05) is 0 Å². The van der Waals surface area contributed by atoms with Gasteiger partial charge in [0.25, 0.3) is 11.8 Å². The van der Waals surface area contributed by atoms with E-state index >= 15 is 0 Å². The fourth-order valence-corrected chi connectivity index (χ4v) is 4.67. The number of rotatable bonds is 6. The standard InChI is InChI=1S/C25H31N5O5/c1-15-5-7-19(8-6-15)30-18(4)22(17(3)28-30)26-20(31)14-35-21(32)13-29-23(33)25(27-24(29)34)11-9-16(2)10-12-25/h5-8,16H,9-14H2,1-4H3,(H,26,31)(H,27,34). The molecule has 186 valence electrons. The Kier molecular flexibility index (Phi) is 6.64. The van der Waals surface area contributed by atoms with Crippen LogP contribution in [0.1, 0.15) is 49.6 Å². The first-order valence-electron chi connectivity index (χ1n) is 11.8. The van der Waals surface area contributed by atoms with E-state index in [1.807, 2.05) is 38.1 Å². The van der Waals surface area contributed by atoms with E-state index in [1.165, 1.54) is 0 Å². The molecule has 10 heteroatoms. The van der Waals surface area contributed by atoms with Gasteiger partial charge in [-0.3, -0.25) is 19.3 Å². The number of hydrogen-bond acceptors (Lipinski definition) is 6. The van der Waals surface area contributed by atoms with Crippen molar-refractivity contribution >= 4 is 29.5 Å². The van der Waals surface area contributed by atoms with Crippen LogP contribution in [0.2, 0.25) is 0 Å². The highest BCUT2D eigenvalue weighted by atomic mass is 16.5. The second kappa shape index (κ2) is 9.52. The van der Waals surface area contributed by atoms with E-state index in [0.29, 0.717) is 30.1 Å². The number of carbonyl (C=O) groups excluding carboxylic acids is 4. The zero-order valence-electron chi connectivity index (χ0n) is 20.5. The lowest BCUT2D eigenvalue weighted by Gasteiger charge is -2.33. The summed E-state index contributed by atoms with van der Waals surface area (Å²) in [5.41, 5.74) is 2.96. The lowest BCUT2D eigenvalue weighted by atomic mass is 9.77. The Balaban J connectivity index is 1.32. The Morgan fingerprint density at radius 1 is 1.14 bits per heavy atom. The number of nitrogens with one attached hydrogen (secondary N) is 2. The second-order valence-corrected chi connectivity index (χ2v) is 9.59. The normalized spacial score (nSPS) is 21.8. The molecule has 2 heterocycles. The molecule has 0 bridgehead atoms. The van der Waals surface area contributed by atoms with Crippen LogP contribution in [0.15, 0.2) is 24.3 Å². The van der Waals surface area contributed by atoms with Crippen LogP contribution in [0, 0.1) is 26.7 Å². The average molecular weight is 482 g/mol. The third-order valence-corrected chi connectivity index (χ3v) is 6.86. The summed E-state index contributed by atoms with van der Waals surface area (Å²) in [6.07, 6.45) is 2.79. The highest BCUT2D eigenvalue weighted by Gasteiger charge is 2.52. The van der Waals surface area contributed by atoms with Crippen LogP contribution < -0.4 is 10.6 Å². The van der Waals surface area contributed by atoms with Gasteiger partial charge >= 0.3 is 12.0 Å². The first kappa shape index (κ1) is 24.4. The molecule has 1 aliphatic heterocycles. The third kappa shape index (κ3) is 4.91. The van der Waals surface area contributed by atoms with E-state index in [2.05, 4.69) is 22.7 Å². The zero-order valence-corrected chi connectivity index (χ0v) is 20.5. The Bertz CT molecular complexity index is 1160. The minimum Gasteiger partial charge on any atom is -0.454 e. The van der Waals surface area contributed by atoms with Crippen LogP contribution in [-0.4, -0.2) is 57.2 Å². The predicted octanol–water partition coefficient (Wildman–Crippen LogP) is 2.78. The average Bonchev–Trinajstić information content (AvgIpc) is 3.23. The largest absolute Gasteiger partial charge is 0.454 e. The van der Waals surface area contributed by atoms with Crippen LogP contribution in [0.5, 0.6) is 0 Å². The summed E-state index contributed by atoms with van der Waals surface area (Å²) in [6, 6.07) is 7.24. The molecule has 35 heavy (non-hydrogen) atoms. The topological polar surface area (TPSA) is 123 Å². The van der Waals surface area contributed by atoms with Crippen LogP contribution in [0.25, 0.3) is 5.69 Å². The number of urea groups is 1. The fraction of sp³-hybridized carbons (Fsp3) is 0.480. The van der Waals surface area contributed by atoms with Crippen molar-refractivity contribution in [3.8, 4) is 5.69 Å². The molecule has 2 aromatic rings. The maximum absolute atomic E-state index is 12.9. The van der Waals surface area contributed by atoms with Crippen LogP contribution in [0.3, 0.4) is 0 Å². The molecule has 2 N–H and O–H groups in total. The molecule has 0 atom stereocenters. The van der Waals surface area contributed by atoms with E-state index in [-0.39, 0.29) is 0 Å². The zero-order chi connectivity index (χ0) is 25.3. The molecule has 4 amide bonds. The van der Waals surface area contributed by atoms with Crippen LogP contribution >= 0.6 is 0 Å². The molecule has 1 spiro atoms. The number of hydrogen-bond donors (Lipinski definition) is 2. The van der Waals surface area contributed by atoms with Crippen molar-refractivity contribution in [1.82, 2.24) is 20.0 Å². The maximum atomic E-state index is 12.9. The molecule has 0 unspecified atom stereocenters. The van der Waals surface area contributed by atoms with Gasteiger partial charge in [-0.15, -0.1) is 0 Å². The summed E-state index contributed by atoms with van der Waals surface area (Å²) < 4.78 is 6.79. The molecular formula is C25H31N5O5. The first-order chi connectivity index (χ1) is 16.6. The first-order valence-corrected chi connectivity index (χ1v) is 11.8.